The van der Waals surface area contributed by atoms with Crippen molar-refractivity contribution < 1.29 is 4.84 Å². The Morgan fingerprint density at radius 3 is 2.57 bits per heavy atom. The van der Waals surface area contributed by atoms with Crippen molar-refractivity contribution >= 4 is 39.1 Å². The molecule has 0 bridgehead atoms. The lowest BCUT2D eigenvalue weighted by atomic mass is 10.0. The Hall–Kier alpha value is -2.01. The first kappa shape index (κ1) is 22.3. The molecule has 0 spiro atoms. The molecule has 0 radical (unpaired) electrons. The van der Waals surface area contributed by atoms with Gasteiger partial charge in [-0.25, -0.2) is 5.43 Å². The fourth-order valence-corrected chi connectivity index (χ4v) is 2.77. The molecule has 0 heterocycles. The number of nitrogens with zero attached hydrogens (tertiary/aromatic N) is 1. The molecule has 0 unspecified atom stereocenters. The van der Waals surface area contributed by atoms with Gasteiger partial charge in [0.05, 0.1) is 27.7 Å². The second kappa shape index (κ2) is 10.5. The van der Waals surface area contributed by atoms with Crippen molar-refractivity contribution in [2.75, 3.05) is 0 Å². The van der Waals surface area contributed by atoms with Gasteiger partial charge in [-0.05, 0) is 65.9 Å². The smallest absolute Gasteiger partial charge is 0.149 e. The maximum atomic E-state index is 9.01. The van der Waals surface area contributed by atoms with Gasteiger partial charge in [0.1, 0.15) is 5.75 Å². The first-order valence-electron chi connectivity index (χ1n) is 8.24. The van der Waals surface area contributed by atoms with Crippen LogP contribution in [0.5, 0.6) is 5.75 Å². The van der Waals surface area contributed by atoms with Crippen molar-refractivity contribution in [3.05, 3.63) is 85.5 Å². The Balaban J connectivity index is 2.18. The molecule has 0 aliphatic heterocycles. The number of aryl methyl sites for hydroxylation is 1. The van der Waals surface area contributed by atoms with E-state index in [4.69, 9.17) is 39.0 Å². The molecule has 146 valence electrons. The summed E-state index contributed by atoms with van der Waals surface area (Å²) in [6.07, 6.45) is 3.62. The second-order valence-corrected chi connectivity index (χ2v) is 8.03. The summed E-state index contributed by atoms with van der Waals surface area (Å²) in [6.45, 7) is 3.74. The summed E-state index contributed by atoms with van der Waals surface area (Å²) in [7, 11) is 0. The molecule has 5 nitrogen and oxygen atoms in total. The average molecular weight is 482 g/mol. The fourth-order valence-electron chi connectivity index (χ4n) is 2.33. The van der Waals surface area contributed by atoms with Crippen LogP contribution >= 0.6 is 39.1 Å². The Kier molecular flexibility index (Phi) is 8.36. The van der Waals surface area contributed by atoms with E-state index in [0.29, 0.717) is 27.1 Å². The Bertz CT molecular complexity index is 950. The molecule has 0 fully saturated rings. The number of halogens is 3. The maximum Gasteiger partial charge on any atom is 0.149 e. The van der Waals surface area contributed by atoms with Crippen molar-refractivity contribution in [1.82, 2.24) is 11.0 Å². The number of rotatable bonds is 7. The van der Waals surface area contributed by atoms with Gasteiger partial charge in [-0.3, -0.25) is 0 Å². The van der Waals surface area contributed by atoms with Crippen molar-refractivity contribution in [2.45, 2.75) is 19.9 Å². The highest BCUT2D eigenvalue weighted by molar-refractivity contribution is 9.11. The number of nitriles is 1. The summed E-state index contributed by atoms with van der Waals surface area (Å²) in [5.41, 5.74) is 14.7. The largest absolute Gasteiger partial charge is 0.400 e. The molecule has 2 aromatic rings. The highest BCUT2D eigenvalue weighted by Crippen LogP contribution is 2.27. The van der Waals surface area contributed by atoms with Crippen LogP contribution in [0.1, 0.15) is 29.7 Å². The summed E-state index contributed by atoms with van der Waals surface area (Å²) >= 11 is 15.5. The standard InChI is InChI=1S/C20H19BrCl2N4O/c1-12-9-16(6-4-15(12)11-24)28-27-26-20(19(25)8-3-13(2)21)14-5-7-17(22)18(23)10-14/h3-10,20,26-27H,25H2,1-2H3/b13-3+,19-8-/t20-/m1/s1. The van der Waals surface area contributed by atoms with Crippen LogP contribution in [0, 0.1) is 18.3 Å². The van der Waals surface area contributed by atoms with Gasteiger partial charge in [0, 0.05) is 5.70 Å². The molecule has 0 aliphatic carbocycles. The topological polar surface area (TPSA) is 83.1 Å². The fraction of sp³-hybridized carbons (Fsp3) is 0.150. The van der Waals surface area contributed by atoms with Crippen molar-refractivity contribution in [3.8, 4) is 11.8 Å². The van der Waals surface area contributed by atoms with Crippen LogP contribution in [0.3, 0.4) is 0 Å². The van der Waals surface area contributed by atoms with Crippen LogP contribution in [-0.2, 0) is 0 Å². The molecule has 8 heteroatoms. The molecule has 28 heavy (non-hydrogen) atoms. The lowest BCUT2D eigenvalue weighted by Crippen LogP contribution is -2.40. The van der Waals surface area contributed by atoms with E-state index >= 15 is 0 Å². The van der Waals surface area contributed by atoms with E-state index in [1.54, 1.807) is 36.4 Å². The SMILES string of the molecule is C/C(Br)=C\C=C(/N)[C@H](NNOc1ccc(C#N)c(C)c1)c1ccc(Cl)c(Cl)c1. The number of allylic oxidation sites excluding steroid dienone is 3. The van der Waals surface area contributed by atoms with Gasteiger partial charge in [0.25, 0.3) is 0 Å². The zero-order valence-corrected chi connectivity index (χ0v) is 18.4. The average Bonchev–Trinajstić information content (AvgIpc) is 2.66. The van der Waals surface area contributed by atoms with Gasteiger partial charge in [0.15, 0.2) is 0 Å². The van der Waals surface area contributed by atoms with Crippen LogP contribution in [0.4, 0.5) is 0 Å². The van der Waals surface area contributed by atoms with Crippen molar-refractivity contribution in [3.63, 3.8) is 0 Å². The van der Waals surface area contributed by atoms with E-state index in [1.165, 1.54) is 0 Å². The van der Waals surface area contributed by atoms with E-state index in [1.807, 2.05) is 26.0 Å². The summed E-state index contributed by atoms with van der Waals surface area (Å²) < 4.78 is 0.931. The predicted octanol–water partition coefficient (Wildman–Crippen LogP) is 5.44. The lowest BCUT2D eigenvalue weighted by molar-refractivity contribution is 0.137. The first-order valence-corrected chi connectivity index (χ1v) is 9.79. The number of benzene rings is 2. The van der Waals surface area contributed by atoms with E-state index < -0.39 is 6.04 Å². The third-order valence-corrected chi connectivity index (χ3v) is 4.81. The van der Waals surface area contributed by atoms with Crippen molar-refractivity contribution in [1.29, 1.82) is 5.26 Å². The molecule has 0 saturated carbocycles. The quantitative estimate of drug-likeness (QED) is 0.362. The minimum absolute atomic E-state index is 0.426. The Morgan fingerprint density at radius 2 is 1.96 bits per heavy atom. The third-order valence-electron chi connectivity index (χ3n) is 3.81. The molecular formula is C20H19BrCl2N4O. The number of hydrazine groups is 1. The predicted molar refractivity (Wildman–Crippen MR) is 117 cm³/mol. The number of hydrogen-bond acceptors (Lipinski definition) is 5. The van der Waals surface area contributed by atoms with Crippen LogP contribution in [-0.4, -0.2) is 0 Å². The van der Waals surface area contributed by atoms with Crippen LogP contribution in [0.2, 0.25) is 10.0 Å². The minimum atomic E-state index is -0.433. The normalized spacial score (nSPS) is 13.1. The van der Waals surface area contributed by atoms with Gasteiger partial charge in [-0.1, -0.05) is 56.9 Å². The lowest BCUT2D eigenvalue weighted by Gasteiger charge is -2.21. The molecule has 2 rings (SSSR count). The molecule has 0 aromatic heterocycles. The van der Waals surface area contributed by atoms with Gasteiger partial charge < -0.3 is 10.6 Å². The molecule has 0 amide bonds. The van der Waals surface area contributed by atoms with Crippen LogP contribution < -0.4 is 21.6 Å². The van der Waals surface area contributed by atoms with Gasteiger partial charge in [-0.2, -0.15) is 5.26 Å². The van der Waals surface area contributed by atoms with Crippen LogP contribution in [0.15, 0.2) is 58.7 Å². The molecule has 0 aliphatic rings. The Morgan fingerprint density at radius 1 is 1.21 bits per heavy atom. The van der Waals surface area contributed by atoms with Crippen LogP contribution in [0.25, 0.3) is 0 Å². The van der Waals surface area contributed by atoms with E-state index in [0.717, 1.165) is 15.6 Å². The van der Waals surface area contributed by atoms with E-state index in [9.17, 15) is 0 Å². The second-order valence-electron chi connectivity index (χ2n) is 5.96. The number of nitrogens with two attached hydrogens (primary N) is 1. The van der Waals surface area contributed by atoms with Crippen molar-refractivity contribution in [2.24, 2.45) is 5.73 Å². The van der Waals surface area contributed by atoms with E-state index in [2.05, 4.69) is 33.0 Å². The van der Waals surface area contributed by atoms with E-state index in [-0.39, 0.29) is 0 Å². The van der Waals surface area contributed by atoms with Gasteiger partial charge >= 0.3 is 0 Å². The molecule has 2 aromatic carbocycles. The molecule has 0 saturated heterocycles. The highest BCUT2D eigenvalue weighted by Gasteiger charge is 2.15. The summed E-state index contributed by atoms with van der Waals surface area (Å²) in [4.78, 5) is 5.53. The molecular weight excluding hydrogens is 463 g/mol. The monoisotopic (exact) mass is 480 g/mol. The van der Waals surface area contributed by atoms with Gasteiger partial charge in [0.2, 0.25) is 0 Å². The Labute approximate surface area is 182 Å². The highest BCUT2D eigenvalue weighted by atomic mass is 79.9. The maximum absolute atomic E-state index is 9.01. The zero-order chi connectivity index (χ0) is 20.7. The summed E-state index contributed by atoms with van der Waals surface area (Å²) in [5.74, 6) is 0.552. The zero-order valence-electron chi connectivity index (χ0n) is 15.3. The first-order chi connectivity index (χ1) is 13.3. The minimum Gasteiger partial charge on any atom is -0.400 e. The third kappa shape index (κ3) is 6.26. The number of hydrogen-bond donors (Lipinski definition) is 3. The molecule has 1 atom stereocenters. The summed E-state index contributed by atoms with van der Waals surface area (Å²) in [5, 5.41) is 9.89. The number of nitrogens with one attached hydrogen (secondary N) is 2. The summed E-state index contributed by atoms with van der Waals surface area (Å²) in [6, 6.07) is 12.1. The van der Waals surface area contributed by atoms with Gasteiger partial charge in [-0.15, -0.1) is 0 Å². The molecule has 4 N–H and O–H groups in total.